The van der Waals surface area contributed by atoms with Gasteiger partial charge in [0.15, 0.2) is 0 Å². The first-order chi connectivity index (χ1) is 12.5. The van der Waals surface area contributed by atoms with Crippen LogP contribution in [0.3, 0.4) is 0 Å². The molecule has 0 aromatic carbocycles. The topological polar surface area (TPSA) is 91.6 Å². The normalized spacial score (nSPS) is 17.0. The highest BCUT2D eigenvalue weighted by molar-refractivity contribution is 7.12. The molecule has 1 atom stereocenters. The molecular formula is C19H24N2O4S. The van der Waals surface area contributed by atoms with Crippen molar-refractivity contribution >= 4 is 23.2 Å². The van der Waals surface area contributed by atoms with Crippen molar-refractivity contribution in [2.24, 2.45) is 0 Å². The lowest BCUT2D eigenvalue weighted by molar-refractivity contribution is -0.139. The van der Waals surface area contributed by atoms with Crippen LogP contribution in [0.4, 0.5) is 0 Å². The van der Waals surface area contributed by atoms with Crippen LogP contribution in [0.1, 0.15) is 54.2 Å². The molecule has 0 radical (unpaired) electrons. The number of nitrogens with one attached hydrogen (secondary N) is 2. The number of carbonyl (C=O) groups is 2. The fourth-order valence-corrected chi connectivity index (χ4v) is 4.60. The van der Waals surface area contributed by atoms with Gasteiger partial charge in [0.1, 0.15) is 5.76 Å². The molecular weight excluding hydrogens is 352 g/mol. The van der Waals surface area contributed by atoms with Crippen molar-refractivity contribution in [2.45, 2.75) is 50.7 Å². The van der Waals surface area contributed by atoms with Crippen LogP contribution in [0, 0.1) is 0 Å². The van der Waals surface area contributed by atoms with E-state index in [9.17, 15) is 14.7 Å². The zero-order valence-corrected chi connectivity index (χ0v) is 15.6. The summed E-state index contributed by atoms with van der Waals surface area (Å²) in [6.07, 6.45) is 5.18. The predicted octanol–water partition coefficient (Wildman–Crippen LogP) is 2.64. The molecule has 2 aromatic heterocycles. The van der Waals surface area contributed by atoms with Gasteiger partial charge in [-0.25, -0.2) is 0 Å². The van der Waals surface area contributed by atoms with Gasteiger partial charge < -0.3 is 20.2 Å². The maximum Gasteiger partial charge on any atom is 0.309 e. The van der Waals surface area contributed by atoms with Crippen LogP contribution < -0.4 is 10.6 Å². The summed E-state index contributed by atoms with van der Waals surface area (Å²) in [6, 6.07) is 7.46. The first kappa shape index (κ1) is 18.7. The molecule has 0 saturated heterocycles. The molecule has 2 amide bonds. The average molecular weight is 376 g/mol. The number of rotatable bonds is 6. The third-order valence-electron chi connectivity index (χ3n) is 4.92. The Bertz CT molecular complexity index is 745. The fraction of sp³-hybridized carbons (Fsp3) is 0.474. The second-order valence-electron chi connectivity index (χ2n) is 6.81. The Hall–Kier alpha value is -2.12. The van der Waals surface area contributed by atoms with Crippen molar-refractivity contribution in [2.75, 3.05) is 6.54 Å². The number of aliphatic hydroxyl groups is 1. The summed E-state index contributed by atoms with van der Waals surface area (Å²) in [6.45, 7) is 2.37. The Labute approximate surface area is 156 Å². The van der Waals surface area contributed by atoms with Gasteiger partial charge in [0.25, 0.3) is 0 Å². The maximum atomic E-state index is 12.2. The first-order valence-corrected chi connectivity index (χ1v) is 9.68. The Kier molecular flexibility index (Phi) is 5.78. The van der Waals surface area contributed by atoms with E-state index in [1.165, 1.54) is 11.1 Å². The van der Waals surface area contributed by atoms with Gasteiger partial charge in [0, 0.05) is 21.7 Å². The van der Waals surface area contributed by atoms with Crippen molar-refractivity contribution in [1.29, 1.82) is 0 Å². The van der Waals surface area contributed by atoms with E-state index >= 15 is 0 Å². The third-order valence-corrected chi connectivity index (χ3v) is 6.42. The van der Waals surface area contributed by atoms with Crippen LogP contribution in [0.15, 0.2) is 34.9 Å². The van der Waals surface area contributed by atoms with E-state index in [-0.39, 0.29) is 12.0 Å². The smallest absolute Gasteiger partial charge is 0.309 e. The molecule has 1 unspecified atom stereocenters. The number of hydrogen-bond donors (Lipinski definition) is 3. The lowest BCUT2D eigenvalue weighted by Crippen LogP contribution is -2.45. The highest BCUT2D eigenvalue weighted by Crippen LogP contribution is 2.44. The fourth-order valence-electron chi connectivity index (χ4n) is 3.42. The molecule has 1 aliphatic carbocycles. The molecule has 3 rings (SSSR count). The Balaban J connectivity index is 1.59. The molecule has 1 aliphatic rings. The molecule has 2 aromatic rings. The number of amides is 2. The Morgan fingerprint density at radius 1 is 1.23 bits per heavy atom. The molecule has 0 aliphatic heterocycles. The molecule has 7 heteroatoms. The van der Waals surface area contributed by atoms with Crippen LogP contribution >= 0.6 is 11.3 Å². The third kappa shape index (κ3) is 4.16. The van der Waals surface area contributed by atoms with Gasteiger partial charge in [-0.15, -0.1) is 11.3 Å². The quantitative estimate of drug-likeness (QED) is 0.676. The predicted molar refractivity (Wildman–Crippen MR) is 98.7 cm³/mol. The molecule has 1 saturated carbocycles. The lowest BCUT2D eigenvalue weighted by atomic mass is 9.84. The van der Waals surface area contributed by atoms with Crippen molar-refractivity contribution in [3.05, 3.63) is 46.0 Å². The molecule has 2 heterocycles. The molecule has 3 N–H and O–H groups in total. The van der Waals surface area contributed by atoms with Gasteiger partial charge >= 0.3 is 11.8 Å². The zero-order chi connectivity index (χ0) is 18.6. The van der Waals surface area contributed by atoms with Gasteiger partial charge in [-0.1, -0.05) is 12.8 Å². The van der Waals surface area contributed by atoms with E-state index in [0.717, 1.165) is 30.6 Å². The summed E-state index contributed by atoms with van der Waals surface area (Å²) in [5.41, 5.74) is -0.144. The highest BCUT2D eigenvalue weighted by Gasteiger charge is 2.37. The van der Waals surface area contributed by atoms with E-state index in [1.54, 1.807) is 30.4 Å². The van der Waals surface area contributed by atoms with Crippen molar-refractivity contribution < 1.29 is 19.1 Å². The van der Waals surface area contributed by atoms with Crippen molar-refractivity contribution in [1.82, 2.24) is 10.6 Å². The SMILES string of the molecule is CC(O)c1ccc(C2(CNC(=O)C(=O)NCc3ccco3)CCCC2)s1. The minimum absolute atomic E-state index is 0.144. The summed E-state index contributed by atoms with van der Waals surface area (Å²) in [7, 11) is 0. The first-order valence-electron chi connectivity index (χ1n) is 8.87. The lowest BCUT2D eigenvalue weighted by Gasteiger charge is -2.28. The summed E-state index contributed by atoms with van der Waals surface area (Å²) >= 11 is 1.59. The molecule has 6 nitrogen and oxygen atoms in total. The minimum Gasteiger partial charge on any atom is -0.467 e. The summed E-state index contributed by atoms with van der Waals surface area (Å²) in [4.78, 5) is 26.2. The number of carbonyl (C=O) groups excluding carboxylic acids is 2. The molecule has 26 heavy (non-hydrogen) atoms. The molecule has 0 bridgehead atoms. The van der Waals surface area contributed by atoms with Gasteiger partial charge in [-0.3, -0.25) is 9.59 Å². The summed E-state index contributed by atoms with van der Waals surface area (Å²) in [5, 5.41) is 15.1. The summed E-state index contributed by atoms with van der Waals surface area (Å²) < 4.78 is 5.13. The van der Waals surface area contributed by atoms with Gasteiger partial charge in [0.05, 0.1) is 18.9 Å². The van der Waals surface area contributed by atoms with E-state index in [4.69, 9.17) is 4.42 Å². The second kappa shape index (κ2) is 8.05. The van der Waals surface area contributed by atoms with Gasteiger partial charge in [-0.2, -0.15) is 0 Å². The zero-order valence-electron chi connectivity index (χ0n) is 14.8. The number of aliphatic hydroxyl groups excluding tert-OH is 1. The average Bonchev–Trinajstić information content (AvgIpc) is 3.39. The monoisotopic (exact) mass is 376 g/mol. The maximum absolute atomic E-state index is 12.2. The second-order valence-corrected chi connectivity index (χ2v) is 7.93. The summed E-state index contributed by atoms with van der Waals surface area (Å²) in [5.74, 6) is -0.691. The van der Waals surface area contributed by atoms with Crippen LogP contribution in [-0.4, -0.2) is 23.5 Å². The molecule has 1 fully saturated rings. The minimum atomic E-state index is -0.662. The van der Waals surface area contributed by atoms with Crippen LogP contribution in [-0.2, 0) is 21.5 Å². The number of hydrogen-bond acceptors (Lipinski definition) is 5. The van der Waals surface area contributed by atoms with E-state index < -0.39 is 17.9 Å². The van der Waals surface area contributed by atoms with Crippen LogP contribution in [0.5, 0.6) is 0 Å². The van der Waals surface area contributed by atoms with E-state index in [2.05, 4.69) is 10.6 Å². The standard InChI is InChI=1S/C19H24N2O4S/c1-13(22)15-6-7-16(26-15)19(8-2-3-9-19)12-21-18(24)17(23)20-11-14-5-4-10-25-14/h4-7,10,13,22H,2-3,8-9,11-12H2,1H3,(H,20,23)(H,21,24). The highest BCUT2D eigenvalue weighted by atomic mass is 32.1. The van der Waals surface area contributed by atoms with E-state index in [0.29, 0.717) is 12.3 Å². The van der Waals surface area contributed by atoms with Gasteiger partial charge in [-0.05, 0) is 44.0 Å². The van der Waals surface area contributed by atoms with Crippen molar-refractivity contribution in [3.63, 3.8) is 0 Å². The van der Waals surface area contributed by atoms with Crippen molar-refractivity contribution in [3.8, 4) is 0 Å². The van der Waals surface area contributed by atoms with Crippen LogP contribution in [0.25, 0.3) is 0 Å². The van der Waals surface area contributed by atoms with E-state index in [1.807, 2.05) is 12.1 Å². The molecule has 0 spiro atoms. The van der Waals surface area contributed by atoms with Crippen LogP contribution in [0.2, 0.25) is 0 Å². The number of thiophene rings is 1. The Morgan fingerprint density at radius 2 is 1.96 bits per heavy atom. The van der Waals surface area contributed by atoms with Gasteiger partial charge in [0.2, 0.25) is 0 Å². The number of furan rings is 1. The largest absolute Gasteiger partial charge is 0.467 e. The molecule has 140 valence electrons. The Morgan fingerprint density at radius 3 is 2.58 bits per heavy atom.